The maximum absolute atomic E-state index is 3.89. The molecule has 0 bridgehead atoms. The minimum absolute atomic E-state index is 0.780. The van der Waals surface area contributed by atoms with Gasteiger partial charge in [-0.25, -0.2) is 0 Å². The number of aliphatic imine (C=N–C) groups is 1. The lowest BCUT2D eigenvalue weighted by Gasteiger charge is -1.87. The highest BCUT2D eigenvalue weighted by molar-refractivity contribution is 8.05. The van der Waals surface area contributed by atoms with Crippen molar-refractivity contribution in [1.82, 2.24) is 0 Å². The Balaban J connectivity index is 0. The molecule has 0 saturated carbocycles. The molecule has 0 N–H and O–H groups in total. The minimum Gasteiger partial charge on any atom is -0.255 e. The summed E-state index contributed by atoms with van der Waals surface area (Å²) in [4.78, 5) is 3.89. The molecule has 0 spiro atoms. The molecule has 0 unspecified atom stereocenters. The molecule has 0 heterocycles. The summed E-state index contributed by atoms with van der Waals surface area (Å²) in [6.07, 6.45) is 1.71. The van der Waals surface area contributed by atoms with Crippen molar-refractivity contribution in [2.75, 3.05) is 0 Å². The Morgan fingerprint density at radius 3 is 2.30 bits per heavy atom. The van der Waals surface area contributed by atoms with Crippen LogP contribution in [0.2, 0.25) is 0 Å². The molecule has 0 rings (SSSR count). The Labute approximate surface area is 67.9 Å². The Kier molecular flexibility index (Phi) is 13.8. The molecule has 0 aliphatic rings. The van der Waals surface area contributed by atoms with Crippen LogP contribution in [0.4, 0.5) is 0 Å². The highest BCUT2D eigenvalue weighted by atomic mass is 32.2. The molecule has 10 heavy (non-hydrogen) atoms. The molecule has 0 aromatic carbocycles. The summed E-state index contributed by atoms with van der Waals surface area (Å²) in [5, 5.41) is 2.48. The van der Waals surface area contributed by atoms with Crippen molar-refractivity contribution >= 4 is 18.0 Å². The summed E-state index contributed by atoms with van der Waals surface area (Å²) in [6.45, 7) is 13.0. The molecule has 2 heteroatoms. The third-order valence-corrected chi connectivity index (χ3v) is 1.04. The van der Waals surface area contributed by atoms with Crippen molar-refractivity contribution in [2.24, 2.45) is 4.99 Å². The van der Waals surface area contributed by atoms with E-state index >= 15 is 0 Å². The standard InChI is InChI=1S/C6H9NS.C2H6/c1-4-7-6(3)8-5-2;1-2/h4-5H,2-3H2,1H3;1-2H3/b7-4-;. The van der Waals surface area contributed by atoms with E-state index in [2.05, 4.69) is 18.2 Å². The second-order valence-electron chi connectivity index (χ2n) is 1.07. The van der Waals surface area contributed by atoms with Gasteiger partial charge >= 0.3 is 0 Å². The molecule has 58 valence electrons. The molecule has 0 aromatic heterocycles. The Bertz CT molecular complexity index is 116. The van der Waals surface area contributed by atoms with E-state index in [-0.39, 0.29) is 0 Å². The first-order valence-corrected chi connectivity index (χ1v) is 4.14. The first-order chi connectivity index (χ1) is 4.81. The van der Waals surface area contributed by atoms with Gasteiger partial charge in [-0.2, -0.15) is 0 Å². The van der Waals surface area contributed by atoms with Crippen LogP contribution in [0.1, 0.15) is 20.8 Å². The van der Waals surface area contributed by atoms with Crippen LogP contribution >= 0.6 is 11.8 Å². The first-order valence-electron chi connectivity index (χ1n) is 3.26. The summed E-state index contributed by atoms with van der Waals surface area (Å²) in [7, 11) is 0. The summed E-state index contributed by atoms with van der Waals surface area (Å²) < 4.78 is 0. The Morgan fingerprint density at radius 1 is 1.50 bits per heavy atom. The van der Waals surface area contributed by atoms with Gasteiger partial charge in [0, 0.05) is 6.21 Å². The molecule has 0 aliphatic heterocycles. The van der Waals surface area contributed by atoms with Crippen molar-refractivity contribution in [3.63, 3.8) is 0 Å². The van der Waals surface area contributed by atoms with Crippen molar-refractivity contribution in [3.8, 4) is 0 Å². The topological polar surface area (TPSA) is 12.4 Å². The fraction of sp³-hybridized carbons (Fsp3) is 0.375. The van der Waals surface area contributed by atoms with Gasteiger partial charge in [0.1, 0.15) is 0 Å². The Hall–Kier alpha value is -0.500. The molecule has 0 aliphatic carbocycles. The molecule has 0 atom stereocenters. The van der Waals surface area contributed by atoms with Gasteiger partial charge in [0.05, 0.1) is 5.03 Å². The molecule has 0 fully saturated rings. The monoisotopic (exact) mass is 157 g/mol. The zero-order chi connectivity index (χ0) is 8.41. The van der Waals surface area contributed by atoms with Gasteiger partial charge in [0.2, 0.25) is 0 Å². The molecule has 0 amide bonds. The van der Waals surface area contributed by atoms with Crippen LogP contribution in [0.5, 0.6) is 0 Å². The lowest BCUT2D eigenvalue weighted by atomic mass is 10.9. The van der Waals surface area contributed by atoms with Gasteiger partial charge in [-0.15, -0.1) is 0 Å². The number of nitrogens with zero attached hydrogens (tertiary/aromatic N) is 1. The van der Waals surface area contributed by atoms with E-state index in [9.17, 15) is 0 Å². The maximum atomic E-state index is 3.89. The van der Waals surface area contributed by atoms with Crippen LogP contribution in [0.15, 0.2) is 28.6 Å². The van der Waals surface area contributed by atoms with E-state index in [0.717, 1.165) is 5.03 Å². The number of rotatable bonds is 3. The fourth-order valence-corrected chi connectivity index (χ4v) is 0.629. The number of hydrogen-bond donors (Lipinski definition) is 0. The molecule has 0 radical (unpaired) electrons. The number of thioether (sulfide) groups is 1. The van der Waals surface area contributed by atoms with Crippen molar-refractivity contribution in [3.05, 3.63) is 23.6 Å². The van der Waals surface area contributed by atoms with Gasteiger partial charge in [-0.05, 0) is 12.3 Å². The van der Waals surface area contributed by atoms with Gasteiger partial charge in [0.25, 0.3) is 0 Å². The van der Waals surface area contributed by atoms with Crippen LogP contribution < -0.4 is 0 Å². The second kappa shape index (κ2) is 11.3. The highest BCUT2D eigenvalue weighted by Gasteiger charge is 1.79. The van der Waals surface area contributed by atoms with Gasteiger partial charge < -0.3 is 0 Å². The van der Waals surface area contributed by atoms with Crippen LogP contribution in [0, 0.1) is 0 Å². The molecule has 0 aromatic rings. The molecule has 0 saturated heterocycles. The zero-order valence-corrected chi connectivity index (χ0v) is 7.74. The lowest BCUT2D eigenvalue weighted by Crippen LogP contribution is -1.62. The van der Waals surface area contributed by atoms with Crippen LogP contribution in [-0.2, 0) is 0 Å². The normalized spacial score (nSPS) is 8.30. The fourth-order valence-electron chi connectivity index (χ4n) is 0.271. The van der Waals surface area contributed by atoms with Gasteiger partial charge in [0.15, 0.2) is 0 Å². The smallest absolute Gasteiger partial charge is 0.0925 e. The van der Waals surface area contributed by atoms with E-state index < -0.39 is 0 Å². The maximum Gasteiger partial charge on any atom is 0.0925 e. The first kappa shape index (κ1) is 12.2. The zero-order valence-electron chi connectivity index (χ0n) is 6.92. The van der Waals surface area contributed by atoms with Gasteiger partial charge in [-0.1, -0.05) is 38.8 Å². The van der Waals surface area contributed by atoms with Crippen LogP contribution in [0.25, 0.3) is 0 Å². The van der Waals surface area contributed by atoms with Gasteiger partial charge in [-0.3, -0.25) is 4.99 Å². The minimum atomic E-state index is 0.780. The SMILES string of the molecule is C=CSC(=C)/N=C\C.CC. The van der Waals surface area contributed by atoms with E-state index in [0.29, 0.717) is 0 Å². The number of hydrogen-bond acceptors (Lipinski definition) is 2. The lowest BCUT2D eigenvalue weighted by molar-refractivity contribution is 1.50. The van der Waals surface area contributed by atoms with E-state index in [1.54, 1.807) is 11.6 Å². The Morgan fingerprint density at radius 2 is 2.00 bits per heavy atom. The predicted octanol–water partition coefficient (Wildman–Crippen LogP) is 3.45. The van der Waals surface area contributed by atoms with Crippen molar-refractivity contribution in [2.45, 2.75) is 20.8 Å². The summed E-state index contributed by atoms with van der Waals surface area (Å²) in [5.41, 5.74) is 0. The van der Waals surface area contributed by atoms with Crippen molar-refractivity contribution < 1.29 is 0 Å². The molecular formula is C8H15NS. The van der Waals surface area contributed by atoms with Crippen LogP contribution in [-0.4, -0.2) is 6.21 Å². The quantitative estimate of drug-likeness (QED) is 0.571. The van der Waals surface area contributed by atoms with E-state index in [1.165, 1.54) is 11.8 Å². The highest BCUT2D eigenvalue weighted by Crippen LogP contribution is 2.13. The largest absolute Gasteiger partial charge is 0.255 e. The molecular weight excluding hydrogens is 142 g/mol. The van der Waals surface area contributed by atoms with E-state index in [1.807, 2.05) is 20.8 Å². The predicted molar refractivity (Wildman–Crippen MR) is 52.4 cm³/mol. The van der Waals surface area contributed by atoms with Crippen LogP contribution in [0.3, 0.4) is 0 Å². The van der Waals surface area contributed by atoms with E-state index in [4.69, 9.17) is 0 Å². The summed E-state index contributed by atoms with van der Waals surface area (Å²) >= 11 is 1.43. The average molecular weight is 157 g/mol. The third kappa shape index (κ3) is 10.5. The van der Waals surface area contributed by atoms with Crippen molar-refractivity contribution in [1.29, 1.82) is 0 Å². The third-order valence-electron chi connectivity index (χ3n) is 0.492. The molecule has 1 nitrogen and oxygen atoms in total. The summed E-state index contributed by atoms with van der Waals surface area (Å²) in [5.74, 6) is 0. The average Bonchev–Trinajstić information content (AvgIpc) is 1.93. The second-order valence-corrected chi connectivity index (χ2v) is 2.11. The summed E-state index contributed by atoms with van der Waals surface area (Å²) in [6, 6.07) is 0.